The second-order valence-electron chi connectivity index (χ2n) is 8.66. The number of piperidine rings is 1. The van der Waals surface area contributed by atoms with Gasteiger partial charge in [0.15, 0.2) is 0 Å². The second kappa shape index (κ2) is 13.9. The molecule has 1 aliphatic rings. The van der Waals surface area contributed by atoms with E-state index in [0.717, 1.165) is 29.7 Å². The van der Waals surface area contributed by atoms with Crippen LogP contribution in [-0.4, -0.2) is 63.1 Å². The van der Waals surface area contributed by atoms with E-state index in [-0.39, 0.29) is 23.8 Å². The fourth-order valence-corrected chi connectivity index (χ4v) is 4.85. The average molecular weight is 527 g/mol. The third-order valence-electron chi connectivity index (χ3n) is 6.43. The van der Waals surface area contributed by atoms with Crippen molar-refractivity contribution in [3.8, 4) is 17.2 Å². The highest BCUT2D eigenvalue weighted by Gasteiger charge is 2.44. The zero-order valence-corrected chi connectivity index (χ0v) is 22.1. The summed E-state index contributed by atoms with van der Waals surface area (Å²) in [5, 5.41) is -0.266. The maximum atomic E-state index is 11.1. The first-order valence-corrected chi connectivity index (χ1v) is 11.9. The Morgan fingerprint density at radius 2 is 1.83 bits per heavy atom. The van der Waals surface area contributed by atoms with Gasteiger partial charge < -0.3 is 29.5 Å². The van der Waals surface area contributed by atoms with Crippen LogP contribution in [0.3, 0.4) is 0 Å². The van der Waals surface area contributed by atoms with Crippen molar-refractivity contribution < 1.29 is 23.7 Å². The molecule has 2 aromatic carbocycles. The smallest absolute Gasteiger partial charge is 0.124 e. The van der Waals surface area contributed by atoms with Crippen molar-refractivity contribution in [3.05, 3.63) is 53.6 Å². The van der Waals surface area contributed by atoms with Crippen LogP contribution in [0.25, 0.3) is 0 Å². The second-order valence-corrected chi connectivity index (χ2v) is 9.19. The number of carbonyl (C=O) groups is 1. The zero-order chi connectivity index (χ0) is 24.6. The monoisotopic (exact) mass is 526 g/mol. The van der Waals surface area contributed by atoms with Crippen molar-refractivity contribution in [3.63, 3.8) is 0 Å². The van der Waals surface area contributed by atoms with E-state index >= 15 is 0 Å². The van der Waals surface area contributed by atoms with Gasteiger partial charge in [-0.15, -0.1) is 24.0 Å². The molecule has 1 aliphatic heterocycles. The molecule has 35 heavy (non-hydrogen) atoms. The maximum absolute atomic E-state index is 11.1. The molecule has 1 fully saturated rings. The molecule has 0 amide bonds. The minimum atomic E-state index is -0.649. The molecule has 1 saturated heterocycles. The zero-order valence-electron chi connectivity index (χ0n) is 20.6. The number of ether oxygens (including phenoxy) is 4. The summed E-state index contributed by atoms with van der Waals surface area (Å²) in [7, 11) is 4.94. The maximum Gasteiger partial charge on any atom is 0.124 e. The molecule has 7 nitrogen and oxygen atoms in total. The minimum absolute atomic E-state index is 0. The fraction of sp³-hybridized carbons (Fsp3) is 0.500. The lowest BCUT2D eigenvalue weighted by molar-refractivity contribution is -0.108. The van der Waals surface area contributed by atoms with Crippen LogP contribution in [0.1, 0.15) is 36.4 Å². The molecule has 2 N–H and O–H groups in total. The van der Waals surface area contributed by atoms with Crippen molar-refractivity contribution in [1.82, 2.24) is 4.90 Å². The number of alkyl halides is 1. The third-order valence-corrected chi connectivity index (χ3v) is 7.00. The van der Waals surface area contributed by atoms with Gasteiger partial charge >= 0.3 is 0 Å². The van der Waals surface area contributed by atoms with E-state index in [1.54, 1.807) is 21.3 Å². The number of nitrogens with zero attached hydrogens (tertiary/aromatic N) is 1. The van der Waals surface area contributed by atoms with Gasteiger partial charge in [0.1, 0.15) is 30.1 Å². The molecule has 0 spiro atoms. The number of rotatable bonds is 12. The number of halogens is 2. The summed E-state index contributed by atoms with van der Waals surface area (Å²) in [6.45, 7) is 2.26. The molecule has 1 heterocycles. The number of para-hydroxylation sites is 1. The number of hydrogen-bond donors (Lipinski definition) is 1. The predicted octanol–water partition coefficient (Wildman–Crippen LogP) is 4.38. The Bertz CT molecular complexity index is 925. The molecular weight excluding hydrogens is 491 g/mol. The van der Waals surface area contributed by atoms with Gasteiger partial charge in [-0.05, 0) is 36.6 Å². The fourth-order valence-electron chi connectivity index (χ4n) is 4.48. The summed E-state index contributed by atoms with van der Waals surface area (Å²) in [6, 6.07) is 13.7. The van der Waals surface area contributed by atoms with Gasteiger partial charge in [-0.2, -0.15) is 0 Å². The van der Waals surface area contributed by atoms with Crippen molar-refractivity contribution in [2.45, 2.75) is 42.8 Å². The highest BCUT2D eigenvalue weighted by Crippen LogP contribution is 2.42. The van der Waals surface area contributed by atoms with Gasteiger partial charge in [-0.25, -0.2) is 0 Å². The van der Waals surface area contributed by atoms with Crippen LogP contribution in [0.5, 0.6) is 17.2 Å². The molecule has 9 heteroatoms. The number of methoxy groups -OCH3 is 3. The molecule has 194 valence electrons. The largest absolute Gasteiger partial charge is 0.497 e. The van der Waals surface area contributed by atoms with E-state index < -0.39 is 5.54 Å². The summed E-state index contributed by atoms with van der Waals surface area (Å²) in [4.78, 5) is 13.4. The Hall–Kier alpha value is -2.03. The standard InChI is InChI=1S/C26H35ClN2O5.ClH/c1-31-12-10-29-17-25(27)26(28,9-6-11-30)16-23(29)22-7-4-5-8-24(22)34-18-19-13-20(32-2)15-21(14-19)33-3;/h4-5,7-8,11,13-15,23,25H,6,9-10,12,16-18,28H2,1-3H3;1H. The molecule has 3 rings (SSSR count). The topological polar surface area (TPSA) is 83.3 Å². The van der Waals surface area contributed by atoms with Gasteiger partial charge in [0, 0.05) is 49.8 Å². The molecule has 3 atom stereocenters. The number of benzene rings is 2. The average Bonchev–Trinajstić information content (AvgIpc) is 2.86. The van der Waals surface area contributed by atoms with Crippen LogP contribution in [0.2, 0.25) is 0 Å². The molecular formula is C26H36Cl2N2O5. The van der Waals surface area contributed by atoms with Crippen molar-refractivity contribution in [2.75, 3.05) is 41.0 Å². The molecule has 0 aliphatic carbocycles. The highest BCUT2D eigenvalue weighted by atomic mass is 35.5. The highest BCUT2D eigenvalue weighted by molar-refractivity contribution is 6.21. The molecule has 2 aromatic rings. The molecule has 0 bridgehead atoms. The number of likely N-dealkylation sites (tertiary alicyclic amines) is 1. The van der Waals surface area contributed by atoms with Gasteiger partial charge in [0.25, 0.3) is 0 Å². The molecule has 3 unspecified atom stereocenters. The summed E-state index contributed by atoms with van der Waals surface area (Å²) in [5.74, 6) is 2.20. The first-order chi connectivity index (χ1) is 16.4. The van der Waals surface area contributed by atoms with Crippen LogP contribution in [0, 0.1) is 0 Å². The summed E-state index contributed by atoms with van der Waals surface area (Å²) in [6.07, 6.45) is 2.46. The number of hydrogen-bond acceptors (Lipinski definition) is 7. The van der Waals surface area contributed by atoms with Gasteiger partial charge in [0.2, 0.25) is 0 Å². The summed E-state index contributed by atoms with van der Waals surface area (Å²) < 4.78 is 22.4. The Balaban J connectivity index is 0.00000432. The third kappa shape index (κ3) is 7.48. The van der Waals surface area contributed by atoms with Crippen LogP contribution < -0.4 is 19.9 Å². The summed E-state index contributed by atoms with van der Waals surface area (Å²) in [5.41, 5.74) is 8.10. The Morgan fingerprint density at radius 1 is 1.14 bits per heavy atom. The lowest BCUT2D eigenvalue weighted by Crippen LogP contribution is -2.59. The van der Waals surface area contributed by atoms with Crippen LogP contribution >= 0.6 is 24.0 Å². The van der Waals surface area contributed by atoms with Crippen molar-refractivity contribution in [1.29, 1.82) is 0 Å². The quantitative estimate of drug-likeness (QED) is 0.324. The first kappa shape index (κ1) is 29.2. The van der Waals surface area contributed by atoms with Crippen molar-refractivity contribution in [2.24, 2.45) is 5.73 Å². The number of nitrogens with two attached hydrogens (primary N) is 1. The van der Waals surface area contributed by atoms with E-state index in [9.17, 15) is 4.79 Å². The van der Waals surface area contributed by atoms with Crippen LogP contribution in [0.4, 0.5) is 0 Å². The normalized spacial score (nSPS) is 22.2. The van der Waals surface area contributed by atoms with Crippen molar-refractivity contribution >= 4 is 30.3 Å². The van der Waals surface area contributed by atoms with Gasteiger partial charge in [-0.3, -0.25) is 4.90 Å². The molecule has 0 radical (unpaired) electrons. The lowest BCUT2D eigenvalue weighted by atomic mass is 9.78. The van der Waals surface area contributed by atoms with Crippen LogP contribution in [-0.2, 0) is 16.1 Å². The first-order valence-electron chi connectivity index (χ1n) is 11.5. The molecule has 0 aromatic heterocycles. The Kier molecular flexibility index (Phi) is 11.6. The number of aldehydes is 1. The van der Waals surface area contributed by atoms with Crippen LogP contribution in [0.15, 0.2) is 42.5 Å². The van der Waals surface area contributed by atoms with E-state index in [1.165, 1.54) is 0 Å². The van der Waals surface area contributed by atoms with E-state index in [1.807, 2.05) is 36.4 Å². The Labute approximate surface area is 219 Å². The SMILES string of the molecule is COCCN1CC(Cl)C(N)(CCC=O)CC1c1ccccc1OCc1cc(OC)cc(OC)c1.Cl. The predicted molar refractivity (Wildman–Crippen MR) is 140 cm³/mol. The van der Waals surface area contributed by atoms with E-state index in [4.69, 9.17) is 36.3 Å². The van der Waals surface area contributed by atoms with E-state index in [0.29, 0.717) is 50.5 Å². The van der Waals surface area contributed by atoms with Gasteiger partial charge in [-0.1, -0.05) is 18.2 Å². The Morgan fingerprint density at radius 3 is 2.46 bits per heavy atom. The van der Waals surface area contributed by atoms with E-state index in [2.05, 4.69) is 11.0 Å². The molecule has 0 saturated carbocycles. The minimum Gasteiger partial charge on any atom is -0.497 e. The lowest BCUT2D eigenvalue weighted by Gasteiger charge is -2.48. The summed E-state index contributed by atoms with van der Waals surface area (Å²) >= 11 is 6.75. The number of carbonyl (C=O) groups excluding carboxylic acids is 1. The van der Waals surface area contributed by atoms with Gasteiger partial charge in [0.05, 0.1) is 26.2 Å².